The van der Waals surface area contributed by atoms with Crippen molar-refractivity contribution < 1.29 is 4.79 Å². The second-order valence-corrected chi connectivity index (χ2v) is 6.03. The van der Waals surface area contributed by atoms with Crippen LogP contribution in [-0.4, -0.2) is 11.7 Å². The van der Waals surface area contributed by atoms with E-state index in [1.807, 2.05) is 78.9 Å². The molecule has 0 spiro atoms. The number of primary amides is 1. The minimum atomic E-state index is -0.512. The van der Waals surface area contributed by atoms with E-state index in [4.69, 9.17) is 5.73 Å². The third-order valence-electron chi connectivity index (χ3n) is 4.36. The molecule has 0 fully saturated rings. The number of nitrogens with zero attached hydrogens (tertiary/aromatic N) is 2. The van der Waals surface area contributed by atoms with E-state index in [0.717, 1.165) is 33.9 Å². The molecule has 26 heavy (non-hydrogen) atoms. The molecule has 0 unspecified atom stereocenters. The van der Waals surface area contributed by atoms with Crippen molar-refractivity contribution in [3.05, 3.63) is 90.0 Å². The Bertz CT molecular complexity index is 982. The summed E-state index contributed by atoms with van der Waals surface area (Å²) >= 11 is 0. The molecule has 0 aliphatic carbocycles. The number of hydrazone groups is 1. The SMILES string of the molecule is NC(=O)N1c2ccccc2C/C(=N\Nc2ccccc2)c2ccccc21. The fourth-order valence-corrected chi connectivity index (χ4v) is 3.18. The Labute approximate surface area is 151 Å². The van der Waals surface area contributed by atoms with Crippen molar-refractivity contribution in [2.45, 2.75) is 6.42 Å². The first kappa shape index (κ1) is 15.9. The standard InChI is InChI=1S/C21H18N4O/c22-21(26)25-19-12-6-4-8-15(19)14-18(17-11-5-7-13-20(17)25)24-23-16-9-2-1-3-10-16/h1-13,23H,14H2,(H2,22,26)/b24-18+. The van der Waals surface area contributed by atoms with Crippen molar-refractivity contribution in [3.63, 3.8) is 0 Å². The van der Waals surface area contributed by atoms with Crippen LogP contribution < -0.4 is 16.1 Å². The minimum absolute atomic E-state index is 0.512. The smallest absolute Gasteiger partial charge is 0.323 e. The minimum Gasteiger partial charge on any atom is -0.351 e. The molecule has 1 aliphatic heterocycles. The maximum atomic E-state index is 12.2. The largest absolute Gasteiger partial charge is 0.351 e. The van der Waals surface area contributed by atoms with Crippen molar-refractivity contribution in [3.8, 4) is 0 Å². The number of hydrogen-bond acceptors (Lipinski definition) is 3. The average molecular weight is 342 g/mol. The van der Waals surface area contributed by atoms with Gasteiger partial charge in [0.15, 0.2) is 0 Å². The predicted octanol–water partition coefficient (Wildman–Crippen LogP) is 4.28. The molecule has 0 saturated heterocycles. The van der Waals surface area contributed by atoms with Gasteiger partial charge in [-0.15, -0.1) is 0 Å². The number of nitrogens with one attached hydrogen (secondary N) is 1. The number of amides is 2. The van der Waals surface area contributed by atoms with Crippen LogP contribution in [0.1, 0.15) is 11.1 Å². The van der Waals surface area contributed by atoms with Crippen molar-refractivity contribution in [2.24, 2.45) is 10.8 Å². The monoisotopic (exact) mass is 342 g/mol. The average Bonchev–Trinajstić information content (AvgIpc) is 2.81. The van der Waals surface area contributed by atoms with E-state index in [9.17, 15) is 4.79 Å². The number of urea groups is 1. The number of anilines is 3. The summed E-state index contributed by atoms with van der Waals surface area (Å²) in [5.41, 5.74) is 14.0. The van der Waals surface area contributed by atoms with Crippen molar-refractivity contribution in [2.75, 3.05) is 10.3 Å². The van der Waals surface area contributed by atoms with Crippen molar-refractivity contribution in [1.29, 1.82) is 0 Å². The molecule has 5 heteroatoms. The Morgan fingerprint density at radius 2 is 1.54 bits per heavy atom. The molecular formula is C21H18N4O. The molecule has 0 radical (unpaired) electrons. The highest BCUT2D eigenvalue weighted by Gasteiger charge is 2.26. The van der Waals surface area contributed by atoms with Gasteiger partial charge in [-0.25, -0.2) is 4.79 Å². The third-order valence-corrected chi connectivity index (χ3v) is 4.36. The lowest BCUT2D eigenvalue weighted by Crippen LogP contribution is -2.32. The summed E-state index contributed by atoms with van der Waals surface area (Å²) < 4.78 is 0. The fraction of sp³-hybridized carbons (Fsp3) is 0.0476. The molecule has 2 amide bonds. The van der Waals surface area contributed by atoms with Gasteiger partial charge in [-0.1, -0.05) is 54.6 Å². The number of fused-ring (bicyclic) bond motifs is 2. The maximum absolute atomic E-state index is 12.2. The van der Waals surface area contributed by atoms with E-state index in [1.165, 1.54) is 0 Å². The van der Waals surface area contributed by atoms with Gasteiger partial charge in [-0.3, -0.25) is 10.3 Å². The van der Waals surface area contributed by atoms with Crippen LogP contribution in [0.4, 0.5) is 21.9 Å². The summed E-state index contributed by atoms with van der Waals surface area (Å²) in [6, 6.07) is 24.7. The molecule has 0 aromatic heterocycles. The lowest BCUT2D eigenvalue weighted by atomic mass is 10.0. The van der Waals surface area contributed by atoms with Crippen LogP contribution in [0.2, 0.25) is 0 Å². The van der Waals surface area contributed by atoms with Gasteiger partial charge in [-0.05, 0) is 29.8 Å². The molecular weight excluding hydrogens is 324 g/mol. The molecule has 3 aromatic rings. The zero-order valence-electron chi connectivity index (χ0n) is 14.1. The first-order chi connectivity index (χ1) is 12.7. The number of carbonyl (C=O) groups is 1. The van der Waals surface area contributed by atoms with Gasteiger partial charge >= 0.3 is 6.03 Å². The van der Waals surface area contributed by atoms with Crippen LogP contribution in [0.3, 0.4) is 0 Å². The Balaban J connectivity index is 1.85. The number of rotatable bonds is 2. The molecule has 128 valence electrons. The molecule has 1 aliphatic rings. The van der Waals surface area contributed by atoms with Crippen LogP contribution >= 0.6 is 0 Å². The second-order valence-electron chi connectivity index (χ2n) is 6.03. The molecule has 5 nitrogen and oxygen atoms in total. The maximum Gasteiger partial charge on any atom is 0.323 e. The normalized spacial score (nSPS) is 14.3. The number of carbonyl (C=O) groups excluding carboxylic acids is 1. The number of para-hydroxylation sites is 3. The van der Waals surface area contributed by atoms with E-state index in [1.54, 1.807) is 4.90 Å². The summed E-state index contributed by atoms with van der Waals surface area (Å²) in [5, 5.41) is 4.64. The van der Waals surface area contributed by atoms with E-state index in [0.29, 0.717) is 6.42 Å². The molecule has 3 N–H and O–H groups in total. The molecule has 0 bridgehead atoms. The highest BCUT2D eigenvalue weighted by atomic mass is 16.2. The van der Waals surface area contributed by atoms with Crippen molar-refractivity contribution >= 4 is 28.8 Å². The quantitative estimate of drug-likeness (QED) is 0.683. The molecule has 4 rings (SSSR count). The molecule has 3 aromatic carbocycles. The fourth-order valence-electron chi connectivity index (χ4n) is 3.18. The highest BCUT2D eigenvalue weighted by molar-refractivity contribution is 6.14. The molecule has 0 saturated carbocycles. The summed E-state index contributed by atoms with van der Waals surface area (Å²) in [6.07, 6.45) is 0.594. The third kappa shape index (κ3) is 2.91. The van der Waals surface area contributed by atoms with Gasteiger partial charge in [0.1, 0.15) is 0 Å². The summed E-state index contributed by atoms with van der Waals surface area (Å²) in [7, 11) is 0. The summed E-state index contributed by atoms with van der Waals surface area (Å²) in [4.78, 5) is 13.8. The topological polar surface area (TPSA) is 70.7 Å². The number of nitrogens with two attached hydrogens (primary N) is 1. The Kier molecular flexibility index (Phi) is 4.11. The van der Waals surface area contributed by atoms with Gasteiger partial charge in [0.25, 0.3) is 0 Å². The van der Waals surface area contributed by atoms with E-state index < -0.39 is 6.03 Å². The van der Waals surface area contributed by atoms with Gasteiger partial charge < -0.3 is 5.73 Å². The number of benzene rings is 3. The highest BCUT2D eigenvalue weighted by Crippen LogP contribution is 2.35. The second kappa shape index (κ2) is 6.72. The van der Waals surface area contributed by atoms with Crippen molar-refractivity contribution in [1.82, 2.24) is 0 Å². The van der Waals surface area contributed by atoms with Gasteiger partial charge in [0.05, 0.1) is 22.8 Å². The zero-order chi connectivity index (χ0) is 17.9. The van der Waals surface area contributed by atoms with Crippen LogP contribution in [-0.2, 0) is 6.42 Å². The Morgan fingerprint density at radius 3 is 2.31 bits per heavy atom. The Hall–Kier alpha value is -3.60. The van der Waals surface area contributed by atoms with E-state index in [2.05, 4.69) is 10.5 Å². The van der Waals surface area contributed by atoms with Crippen LogP contribution in [0.5, 0.6) is 0 Å². The summed E-state index contributed by atoms with van der Waals surface area (Å²) in [5.74, 6) is 0. The first-order valence-corrected chi connectivity index (χ1v) is 8.38. The lowest BCUT2D eigenvalue weighted by molar-refractivity contribution is 0.256. The molecule has 0 atom stereocenters. The van der Waals surface area contributed by atoms with Crippen LogP contribution in [0, 0.1) is 0 Å². The lowest BCUT2D eigenvalue weighted by Gasteiger charge is -2.22. The van der Waals surface area contributed by atoms with Gasteiger partial charge in [-0.2, -0.15) is 5.10 Å². The summed E-state index contributed by atoms with van der Waals surface area (Å²) in [6.45, 7) is 0. The van der Waals surface area contributed by atoms with Gasteiger partial charge in [0, 0.05) is 12.0 Å². The molecule has 1 heterocycles. The predicted molar refractivity (Wildman–Crippen MR) is 105 cm³/mol. The number of hydrogen-bond donors (Lipinski definition) is 2. The van der Waals surface area contributed by atoms with Gasteiger partial charge in [0.2, 0.25) is 0 Å². The van der Waals surface area contributed by atoms with Crippen LogP contribution in [0.15, 0.2) is 84.0 Å². The van der Waals surface area contributed by atoms with E-state index in [-0.39, 0.29) is 0 Å². The first-order valence-electron chi connectivity index (χ1n) is 8.38. The Morgan fingerprint density at radius 1 is 0.885 bits per heavy atom. The van der Waals surface area contributed by atoms with Crippen LogP contribution in [0.25, 0.3) is 0 Å². The zero-order valence-corrected chi connectivity index (χ0v) is 14.1. The van der Waals surface area contributed by atoms with E-state index >= 15 is 0 Å².